The molecule has 0 aromatic rings. The van der Waals surface area contributed by atoms with E-state index in [1.807, 2.05) is 0 Å². The highest BCUT2D eigenvalue weighted by Crippen LogP contribution is 2.25. The predicted octanol–water partition coefficient (Wildman–Crippen LogP) is 2.03. The van der Waals surface area contributed by atoms with Crippen LogP contribution >= 0.6 is 0 Å². The normalized spacial score (nSPS) is 20.3. The summed E-state index contributed by atoms with van der Waals surface area (Å²) in [7, 11) is 0. The first-order chi connectivity index (χ1) is 4.29. The molecule has 0 bridgehead atoms. The standard InChI is InChI=1S/C8H17N.H2/c1-7(2)9-6-8-4-3-5-8;/h7-9H,3-6H2,1-2H3;1H. The molecule has 1 aliphatic rings. The van der Waals surface area contributed by atoms with Crippen LogP contribution in [0.4, 0.5) is 0 Å². The molecule has 0 aromatic carbocycles. The molecule has 1 heteroatoms. The molecule has 1 saturated carbocycles. The summed E-state index contributed by atoms with van der Waals surface area (Å²) in [5.74, 6) is 1.01. The van der Waals surface area contributed by atoms with Crippen LogP contribution in [0.2, 0.25) is 0 Å². The van der Waals surface area contributed by atoms with Crippen molar-refractivity contribution in [2.24, 2.45) is 5.92 Å². The molecule has 1 aliphatic carbocycles. The topological polar surface area (TPSA) is 12.0 Å². The number of rotatable bonds is 3. The Balaban J connectivity index is 0.000000810. The van der Waals surface area contributed by atoms with Gasteiger partial charge in [0.05, 0.1) is 0 Å². The van der Waals surface area contributed by atoms with Gasteiger partial charge in [-0.1, -0.05) is 20.3 Å². The number of hydrogen-bond donors (Lipinski definition) is 1. The van der Waals surface area contributed by atoms with Gasteiger partial charge in [-0.05, 0) is 25.3 Å². The second-order valence-corrected chi connectivity index (χ2v) is 3.36. The van der Waals surface area contributed by atoms with E-state index in [9.17, 15) is 0 Å². The van der Waals surface area contributed by atoms with Crippen LogP contribution < -0.4 is 5.32 Å². The fraction of sp³-hybridized carbons (Fsp3) is 1.00. The lowest BCUT2D eigenvalue weighted by Gasteiger charge is -2.26. The smallest absolute Gasteiger partial charge is 0.00104 e. The Morgan fingerprint density at radius 3 is 2.56 bits per heavy atom. The van der Waals surface area contributed by atoms with Crippen LogP contribution in [0.25, 0.3) is 0 Å². The van der Waals surface area contributed by atoms with Gasteiger partial charge in [-0.15, -0.1) is 0 Å². The highest BCUT2D eigenvalue weighted by atomic mass is 14.9. The van der Waals surface area contributed by atoms with Gasteiger partial charge in [0, 0.05) is 7.47 Å². The van der Waals surface area contributed by atoms with E-state index in [1.165, 1.54) is 25.8 Å². The molecule has 56 valence electrons. The maximum absolute atomic E-state index is 3.45. The molecule has 0 radical (unpaired) electrons. The summed E-state index contributed by atoms with van der Waals surface area (Å²) in [5.41, 5.74) is 0. The van der Waals surface area contributed by atoms with Crippen molar-refractivity contribution in [2.75, 3.05) is 6.54 Å². The lowest BCUT2D eigenvalue weighted by Crippen LogP contribution is -2.31. The molecule has 0 aromatic heterocycles. The van der Waals surface area contributed by atoms with Crippen LogP contribution in [-0.2, 0) is 0 Å². The summed E-state index contributed by atoms with van der Waals surface area (Å²) < 4.78 is 0. The quantitative estimate of drug-likeness (QED) is 0.615. The summed E-state index contributed by atoms with van der Waals surface area (Å²) in [6.07, 6.45) is 4.38. The first kappa shape index (κ1) is 7.07. The Labute approximate surface area is 59.3 Å². The zero-order valence-electron chi connectivity index (χ0n) is 6.48. The van der Waals surface area contributed by atoms with Crippen molar-refractivity contribution in [1.82, 2.24) is 5.32 Å². The third-order valence-electron chi connectivity index (χ3n) is 2.04. The highest BCUT2D eigenvalue weighted by molar-refractivity contribution is 4.72. The van der Waals surface area contributed by atoms with Crippen molar-refractivity contribution in [3.63, 3.8) is 0 Å². The van der Waals surface area contributed by atoms with E-state index in [2.05, 4.69) is 19.2 Å². The molecule has 0 aliphatic heterocycles. The van der Waals surface area contributed by atoms with Crippen molar-refractivity contribution in [2.45, 2.75) is 39.2 Å². The molecule has 1 rings (SSSR count). The van der Waals surface area contributed by atoms with E-state index >= 15 is 0 Å². The van der Waals surface area contributed by atoms with Gasteiger partial charge in [0.15, 0.2) is 0 Å². The first-order valence-corrected chi connectivity index (χ1v) is 4.02. The lowest BCUT2D eigenvalue weighted by atomic mass is 9.85. The molecule has 0 heterocycles. The summed E-state index contributed by atoms with van der Waals surface area (Å²) >= 11 is 0. The van der Waals surface area contributed by atoms with Crippen molar-refractivity contribution in [3.05, 3.63) is 0 Å². The molecule has 1 N–H and O–H groups in total. The summed E-state index contributed by atoms with van der Waals surface area (Å²) in [6.45, 7) is 5.66. The SMILES string of the molecule is CC(C)NCC1CCC1.[HH]. The van der Waals surface area contributed by atoms with Gasteiger partial charge in [-0.2, -0.15) is 0 Å². The minimum atomic E-state index is 0. The van der Waals surface area contributed by atoms with E-state index in [4.69, 9.17) is 0 Å². The van der Waals surface area contributed by atoms with E-state index in [1.54, 1.807) is 0 Å². The molecular weight excluding hydrogens is 110 g/mol. The Kier molecular flexibility index (Phi) is 2.52. The Morgan fingerprint density at radius 1 is 1.56 bits per heavy atom. The van der Waals surface area contributed by atoms with Gasteiger partial charge in [0.2, 0.25) is 0 Å². The predicted molar refractivity (Wildman–Crippen MR) is 42.6 cm³/mol. The Morgan fingerprint density at radius 2 is 2.22 bits per heavy atom. The average Bonchev–Trinajstić information content (AvgIpc) is 1.60. The third-order valence-corrected chi connectivity index (χ3v) is 2.04. The molecule has 0 amide bonds. The molecule has 1 fully saturated rings. The van der Waals surface area contributed by atoms with Crippen molar-refractivity contribution in [1.29, 1.82) is 0 Å². The highest BCUT2D eigenvalue weighted by Gasteiger charge is 2.16. The van der Waals surface area contributed by atoms with Gasteiger partial charge in [0.25, 0.3) is 0 Å². The minimum Gasteiger partial charge on any atom is -0.314 e. The number of nitrogens with one attached hydrogen (secondary N) is 1. The molecular formula is C8H19N. The van der Waals surface area contributed by atoms with Crippen LogP contribution in [0.15, 0.2) is 0 Å². The van der Waals surface area contributed by atoms with Gasteiger partial charge >= 0.3 is 0 Å². The van der Waals surface area contributed by atoms with E-state index in [0.29, 0.717) is 6.04 Å². The van der Waals surface area contributed by atoms with E-state index in [0.717, 1.165) is 5.92 Å². The Bertz CT molecular complexity index is 79.3. The van der Waals surface area contributed by atoms with Crippen molar-refractivity contribution < 1.29 is 1.43 Å². The van der Waals surface area contributed by atoms with Crippen LogP contribution in [0.5, 0.6) is 0 Å². The van der Waals surface area contributed by atoms with Crippen LogP contribution in [0.1, 0.15) is 34.5 Å². The molecule has 0 spiro atoms. The lowest BCUT2D eigenvalue weighted by molar-refractivity contribution is 0.294. The maximum Gasteiger partial charge on any atom is 0.00104 e. The molecule has 0 atom stereocenters. The minimum absolute atomic E-state index is 0. The fourth-order valence-electron chi connectivity index (χ4n) is 1.10. The van der Waals surface area contributed by atoms with Crippen molar-refractivity contribution in [3.8, 4) is 0 Å². The maximum atomic E-state index is 3.45. The zero-order chi connectivity index (χ0) is 6.69. The van der Waals surface area contributed by atoms with Gasteiger partial charge in [0.1, 0.15) is 0 Å². The molecule has 1 nitrogen and oxygen atoms in total. The Hall–Kier alpha value is -0.0400. The third kappa shape index (κ3) is 2.35. The van der Waals surface area contributed by atoms with E-state index < -0.39 is 0 Å². The van der Waals surface area contributed by atoms with Gasteiger partial charge in [-0.25, -0.2) is 0 Å². The first-order valence-electron chi connectivity index (χ1n) is 4.02. The van der Waals surface area contributed by atoms with Crippen molar-refractivity contribution >= 4 is 0 Å². The average molecular weight is 129 g/mol. The largest absolute Gasteiger partial charge is 0.314 e. The summed E-state index contributed by atoms with van der Waals surface area (Å²) in [5, 5.41) is 3.45. The van der Waals surface area contributed by atoms with Crippen LogP contribution in [0, 0.1) is 5.92 Å². The molecule has 0 saturated heterocycles. The zero-order valence-corrected chi connectivity index (χ0v) is 6.48. The molecule has 9 heavy (non-hydrogen) atoms. The van der Waals surface area contributed by atoms with Gasteiger partial charge in [-0.3, -0.25) is 0 Å². The summed E-state index contributed by atoms with van der Waals surface area (Å²) in [6, 6.07) is 0.672. The second-order valence-electron chi connectivity index (χ2n) is 3.36. The summed E-state index contributed by atoms with van der Waals surface area (Å²) in [4.78, 5) is 0. The fourth-order valence-corrected chi connectivity index (χ4v) is 1.10. The molecule has 0 unspecified atom stereocenters. The van der Waals surface area contributed by atoms with Gasteiger partial charge < -0.3 is 5.32 Å². The van der Waals surface area contributed by atoms with Crippen LogP contribution in [-0.4, -0.2) is 12.6 Å². The number of hydrogen-bond acceptors (Lipinski definition) is 1. The van der Waals surface area contributed by atoms with Crippen LogP contribution in [0.3, 0.4) is 0 Å². The van der Waals surface area contributed by atoms with E-state index in [-0.39, 0.29) is 1.43 Å². The second kappa shape index (κ2) is 3.21. The monoisotopic (exact) mass is 129 g/mol.